The van der Waals surface area contributed by atoms with Crippen molar-refractivity contribution in [2.45, 2.75) is 19.4 Å². The number of oxime groups is 1. The van der Waals surface area contributed by atoms with Crippen LogP contribution in [0, 0.1) is 11.8 Å². The van der Waals surface area contributed by atoms with Crippen molar-refractivity contribution in [1.82, 2.24) is 5.16 Å². The van der Waals surface area contributed by atoms with Crippen molar-refractivity contribution in [2.24, 2.45) is 17.0 Å². The van der Waals surface area contributed by atoms with E-state index in [9.17, 15) is 0 Å². The maximum Gasteiger partial charge on any atom is 0.178 e. The van der Waals surface area contributed by atoms with Gasteiger partial charge in [-0.15, -0.1) is 0 Å². The molecule has 18 heavy (non-hydrogen) atoms. The predicted octanol–water partition coefficient (Wildman–Crippen LogP) is 0.864. The molecule has 0 amide bonds. The van der Waals surface area contributed by atoms with E-state index in [1.807, 2.05) is 6.21 Å². The van der Waals surface area contributed by atoms with Crippen LogP contribution in [0.4, 0.5) is 0 Å². The van der Waals surface area contributed by atoms with Crippen LogP contribution in [0.1, 0.15) is 18.6 Å². The third-order valence-corrected chi connectivity index (χ3v) is 4.30. The van der Waals surface area contributed by atoms with Gasteiger partial charge in [0.25, 0.3) is 0 Å². The summed E-state index contributed by atoms with van der Waals surface area (Å²) in [6.45, 7) is 4.22. The van der Waals surface area contributed by atoms with Crippen LogP contribution >= 0.6 is 15.9 Å². The average Bonchev–Trinajstić information content (AvgIpc) is 2.82. The highest BCUT2D eigenvalue weighted by Gasteiger charge is 2.36. The fourth-order valence-electron chi connectivity index (χ4n) is 2.93. The van der Waals surface area contributed by atoms with Gasteiger partial charge in [-0.3, -0.25) is 0 Å². The zero-order valence-corrected chi connectivity index (χ0v) is 11.7. The van der Waals surface area contributed by atoms with Crippen molar-refractivity contribution in [3.63, 3.8) is 0 Å². The molecule has 4 heterocycles. The van der Waals surface area contributed by atoms with Crippen molar-refractivity contribution in [1.29, 1.82) is 0 Å². The molecule has 3 saturated heterocycles. The molecule has 4 rings (SSSR count). The van der Waals surface area contributed by atoms with Crippen LogP contribution < -0.4 is 4.90 Å². The summed E-state index contributed by atoms with van der Waals surface area (Å²) in [5, 5.41) is 7.80. The predicted molar refractivity (Wildman–Crippen MR) is 69.3 cm³/mol. The smallest absolute Gasteiger partial charge is 0.178 e. The molecule has 6 heteroatoms. The van der Waals surface area contributed by atoms with Crippen LogP contribution in [0.3, 0.4) is 0 Å². The summed E-state index contributed by atoms with van der Waals surface area (Å²) in [4.78, 5) is 6.96. The zero-order chi connectivity index (χ0) is 12.4. The normalized spacial score (nSPS) is 31.1. The zero-order valence-electron chi connectivity index (χ0n) is 10.1. The van der Waals surface area contributed by atoms with Crippen molar-refractivity contribution in [3.05, 3.63) is 16.4 Å². The number of nitrogens with zero attached hydrogens (tertiary/aromatic N) is 2. The number of fused-ring (bicyclic) bond motifs is 3. The van der Waals surface area contributed by atoms with Gasteiger partial charge in [-0.2, -0.15) is 0 Å². The van der Waals surface area contributed by atoms with Gasteiger partial charge in [0.1, 0.15) is 4.60 Å². The minimum Gasteiger partial charge on any atom is -0.388 e. The summed E-state index contributed by atoms with van der Waals surface area (Å²) in [6, 6.07) is 1.79. The van der Waals surface area contributed by atoms with Crippen molar-refractivity contribution < 1.29 is 14.3 Å². The Morgan fingerprint density at radius 3 is 3.00 bits per heavy atom. The number of rotatable bonds is 4. The highest BCUT2D eigenvalue weighted by molar-refractivity contribution is 9.10. The lowest BCUT2D eigenvalue weighted by Gasteiger charge is -2.40. The van der Waals surface area contributed by atoms with Crippen LogP contribution in [0.15, 0.2) is 20.3 Å². The second kappa shape index (κ2) is 5.40. The molecule has 1 aromatic heterocycles. The van der Waals surface area contributed by atoms with E-state index in [-0.39, 0.29) is 0 Å². The molecule has 3 aliphatic heterocycles. The van der Waals surface area contributed by atoms with E-state index in [2.05, 4.69) is 26.2 Å². The first-order valence-electron chi connectivity index (χ1n) is 6.41. The van der Waals surface area contributed by atoms with E-state index in [1.165, 1.54) is 32.5 Å². The number of piperidine rings is 3. The fraction of sp³-hybridized carbons (Fsp3) is 0.667. The van der Waals surface area contributed by atoms with E-state index in [4.69, 9.17) is 9.36 Å². The Labute approximate surface area is 114 Å². The van der Waals surface area contributed by atoms with Gasteiger partial charge in [0, 0.05) is 18.9 Å². The third kappa shape index (κ3) is 2.75. The molecule has 1 aromatic rings. The largest absolute Gasteiger partial charge is 0.388 e. The van der Waals surface area contributed by atoms with E-state index >= 15 is 0 Å². The molecule has 98 valence electrons. The van der Waals surface area contributed by atoms with Crippen LogP contribution in [0.25, 0.3) is 0 Å². The SMILES string of the molecule is Brc1cc(CO/N=C/C2C[NH+]3CCC2CC3)on1. The summed E-state index contributed by atoms with van der Waals surface area (Å²) in [6.07, 6.45) is 4.65. The minimum atomic E-state index is 0.336. The summed E-state index contributed by atoms with van der Waals surface area (Å²) in [5.74, 6) is 2.08. The Morgan fingerprint density at radius 2 is 2.39 bits per heavy atom. The first kappa shape index (κ1) is 12.2. The maximum absolute atomic E-state index is 5.25. The Kier molecular flexibility index (Phi) is 3.65. The topological polar surface area (TPSA) is 52.1 Å². The number of halogens is 1. The lowest BCUT2D eigenvalue weighted by atomic mass is 9.80. The van der Waals surface area contributed by atoms with E-state index in [0.29, 0.717) is 22.9 Å². The molecule has 1 unspecified atom stereocenters. The lowest BCUT2D eigenvalue weighted by molar-refractivity contribution is -0.919. The molecular formula is C12H17BrN3O2+. The van der Waals surface area contributed by atoms with Gasteiger partial charge < -0.3 is 14.3 Å². The van der Waals surface area contributed by atoms with Crippen molar-refractivity contribution in [2.75, 3.05) is 19.6 Å². The number of quaternary nitrogens is 1. The van der Waals surface area contributed by atoms with E-state index in [0.717, 1.165) is 5.92 Å². The van der Waals surface area contributed by atoms with Crippen LogP contribution in [-0.2, 0) is 11.4 Å². The molecule has 5 nitrogen and oxygen atoms in total. The monoisotopic (exact) mass is 314 g/mol. The van der Waals surface area contributed by atoms with Crippen LogP contribution in [0.2, 0.25) is 0 Å². The van der Waals surface area contributed by atoms with Gasteiger partial charge in [-0.25, -0.2) is 0 Å². The average molecular weight is 315 g/mol. The fourth-order valence-corrected chi connectivity index (χ4v) is 3.26. The minimum absolute atomic E-state index is 0.336. The van der Waals surface area contributed by atoms with E-state index in [1.54, 1.807) is 11.0 Å². The Balaban J connectivity index is 1.46. The quantitative estimate of drug-likeness (QED) is 0.662. The molecule has 0 saturated carbocycles. The molecule has 1 N–H and O–H groups in total. The van der Waals surface area contributed by atoms with Gasteiger partial charge in [-0.1, -0.05) is 10.3 Å². The molecule has 0 aromatic carbocycles. The molecule has 0 spiro atoms. The molecular weight excluding hydrogens is 298 g/mol. The van der Waals surface area contributed by atoms with E-state index < -0.39 is 0 Å². The van der Waals surface area contributed by atoms with Gasteiger partial charge in [0.05, 0.1) is 31.8 Å². The van der Waals surface area contributed by atoms with Gasteiger partial charge in [-0.05, 0) is 21.8 Å². The maximum atomic E-state index is 5.25. The second-order valence-corrected chi connectivity index (χ2v) is 5.91. The number of hydrogen-bond acceptors (Lipinski definition) is 4. The van der Waals surface area contributed by atoms with Crippen molar-refractivity contribution >= 4 is 22.1 Å². The number of aromatic nitrogens is 1. The first-order valence-corrected chi connectivity index (χ1v) is 7.20. The summed E-state index contributed by atoms with van der Waals surface area (Å²) in [5.41, 5.74) is 0. The second-order valence-electron chi connectivity index (χ2n) is 5.10. The molecule has 0 radical (unpaired) electrons. The molecule has 1 atom stereocenters. The van der Waals surface area contributed by atoms with Crippen LogP contribution in [0.5, 0.6) is 0 Å². The highest BCUT2D eigenvalue weighted by atomic mass is 79.9. The molecule has 2 bridgehead atoms. The Morgan fingerprint density at radius 1 is 1.56 bits per heavy atom. The first-order chi connectivity index (χ1) is 8.81. The van der Waals surface area contributed by atoms with Crippen LogP contribution in [-0.4, -0.2) is 31.0 Å². The Hall–Kier alpha value is -0.880. The molecule has 0 aliphatic carbocycles. The molecule has 3 aliphatic rings. The number of hydrogen-bond donors (Lipinski definition) is 1. The lowest BCUT2D eigenvalue weighted by Crippen LogP contribution is -3.15. The number of nitrogens with one attached hydrogen (secondary N) is 1. The molecule has 3 fully saturated rings. The summed E-state index contributed by atoms with van der Waals surface area (Å²) >= 11 is 3.22. The van der Waals surface area contributed by atoms with Gasteiger partial charge in [0.2, 0.25) is 0 Å². The summed E-state index contributed by atoms with van der Waals surface area (Å²) in [7, 11) is 0. The third-order valence-electron chi connectivity index (χ3n) is 3.93. The van der Waals surface area contributed by atoms with Crippen molar-refractivity contribution in [3.8, 4) is 0 Å². The summed E-state index contributed by atoms with van der Waals surface area (Å²) < 4.78 is 5.69. The van der Waals surface area contributed by atoms with Gasteiger partial charge in [0.15, 0.2) is 12.4 Å². The highest BCUT2D eigenvalue weighted by Crippen LogP contribution is 2.22. The Bertz CT molecular complexity index is 427. The standard InChI is InChI=1S/C12H16BrN3O2/c13-12-5-11(18-15-12)8-17-14-6-10-7-16-3-1-9(10)2-4-16/h5-6,9-10H,1-4,7-8H2/p+1/b14-6+. The van der Waals surface area contributed by atoms with Gasteiger partial charge >= 0.3 is 0 Å².